The summed E-state index contributed by atoms with van der Waals surface area (Å²) in [6.45, 7) is 1.69. The molecule has 0 heterocycles. The van der Waals surface area contributed by atoms with Gasteiger partial charge in [-0.05, 0) is 0 Å². The van der Waals surface area contributed by atoms with Crippen molar-refractivity contribution in [3.63, 3.8) is 0 Å². The number of carbonyl (C=O) groups is 1. The summed E-state index contributed by atoms with van der Waals surface area (Å²) in [6.07, 6.45) is 0. The third-order valence-electron chi connectivity index (χ3n) is 1.46. The van der Waals surface area contributed by atoms with Crippen molar-refractivity contribution in [1.82, 2.24) is 0 Å². The summed E-state index contributed by atoms with van der Waals surface area (Å²) >= 11 is 1.29. The molecule has 7 heteroatoms. The van der Waals surface area contributed by atoms with Gasteiger partial charge in [-0.25, -0.2) is 0 Å². The van der Waals surface area contributed by atoms with Gasteiger partial charge in [0, 0.05) is 17.3 Å². The molecule has 0 aromatic carbocycles. The molecule has 0 amide bonds. The van der Waals surface area contributed by atoms with Gasteiger partial charge in [-0.2, -0.15) is 24.9 Å². The fourth-order valence-electron chi connectivity index (χ4n) is 0.746. The Balaban J connectivity index is 3.43. The van der Waals surface area contributed by atoms with Crippen molar-refractivity contribution in [2.24, 2.45) is 5.92 Å². The van der Waals surface area contributed by atoms with Crippen molar-refractivity contribution < 1.29 is 22.7 Å². The fourth-order valence-corrected chi connectivity index (χ4v) is 2.44. The molecule has 15 heavy (non-hydrogen) atoms. The molecule has 0 radical (unpaired) electrons. The highest BCUT2D eigenvalue weighted by atomic mass is 32.2. The van der Waals surface area contributed by atoms with Crippen LogP contribution in [0.4, 0.5) is 13.2 Å². The minimum Gasteiger partial charge on any atom is -0.469 e. The first-order valence-corrected chi connectivity index (χ1v) is 6.37. The van der Waals surface area contributed by atoms with Gasteiger partial charge < -0.3 is 4.74 Å². The normalized spacial score (nSPS) is 13.7. The Hall–Kier alpha value is -0.0400. The van der Waals surface area contributed by atoms with Gasteiger partial charge in [0.15, 0.2) is 0 Å². The van der Waals surface area contributed by atoms with Gasteiger partial charge in [0.1, 0.15) is 0 Å². The summed E-state index contributed by atoms with van der Waals surface area (Å²) < 4.78 is 39.6. The number of carbonyl (C=O) groups excluding carboxylic acids is 1. The topological polar surface area (TPSA) is 26.3 Å². The Bertz CT molecular complexity index is 197. The molecule has 0 aliphatic rings. The lowest BCUT2D eigenvalue weighted by atomic mass is 10.2. The van der Waals surface area contributed by atoms with Gasteiger partial charge in [0.05, 0.1) is 13.0 Å². The maximum Gasteiger partial charge on any atom is 0.441 e. The molecule has 90 valence electrons. The first-order chi connectivity index (χ1) is 6.87. The first-order valence-electron chi connectivity index (χ1n) is 4.23. The number of ether oxygens (including phenoxy) is 1. The number of methoxy groups -OCH3 is 1. The van der Waals surface area contributed by atoms with Crippen LogP contribution in [-0.2, 0) is 9.53 Å². The molecule has 0 saturated heterocycles. The molecule has 1 unspecified atom stereocenters. The standard InChI is InChI=1S/C8H13F3O2S2/c1-6(7(12)13-2)5-14-3-4-15-8(9,10)11/h6H,3-5H2,1-2H3. The van der Waals surface area contributed by atoms with Crippen LogP contribution in [0.3, 0.4) is 0 Å². The highest BCUT2D eigenvalue weighted by Crippen LogP contribution is 2.30. The van der Waals surface area contributed by atoms with E-state index < -0.39 is 5.51 Å². The summed E-state index contributed by atoms with van der Waals surface area (Å²) in [7, 11) is 1.29. The van der Waals surface area contributed by atoms with Crippen molar-refractivity contribution in [3.8, 4) is 0 Å². The molecule has 0 aliphatic carbocycles. The quantitative estimate of drug-likeness (QED) is 0.543. The molecule has 0 spiro atoms. The molecular weight excluding hydrogens is 249 g/mol. The fraction of sp³-hybridized carbons (Fsp3) is 0.875. The largest absolute Gasteiger partial charge is 0.469 e. The van der Waals surface area contributed by atoms with E-state index >= 15 is 0 Å². The van der Waals surface area contributed by atoms with Crippen LogP contribution in [0.15, 0.2) is 0 Å². The van der Waals surface area contributed by atoms with Crippen LogP contribution < -0.4 is 0 Å². The van der Waals surface area contributed by atoms with Crippen molar-refractivity contribution >= 4 is 29.5 Å². The summed E-state index contributed by atoms with van der Waals surface area (Å²) in [6, 6.07) is 0. The number of alkyl halides is 3. The Kier molecular flexibility index (Phi) is 7.25. The van der Waals surface area contributed by atoms with Crippen LogP contribution >= 0.6 is 23.5 Å². The lowest BCUT2D eigenvalue weighted by Crippen LogP contribution is -2.15. The second kappa shape index (κ2) is 7.27. The van der Waals surface area contributed by atoms with Crippen LogP contribution in [0.2, 0.25) is 0 Å². The zero-order valence-corrected chi connectivity index (χ0v) is 10.1. The SMILES string of the molecule is COC(=O)C(C)CSCCSC(F)(F)F. The van der Waals surface area contributed by atoms with Gasteiger partial charge >= 0.3 is 11.5 Å². The third-order valence-corrected chi connectivity index (χ3v) is 3.69. The van der Waals surface area contributed by atoms with Crippen LogP contribution in [0.25, 0.3) is 0 Å². The molecule has 0 N–H and O–H groups in total. The van der Waals surface area contributed by atoms with Crippen LogP contribution in [-0.4, -0.2) is 35.8 Å². The zero-order valence-electron chi connectivity index (χ0n) is 8.47. The van der Waals surface area contributed by atoms with E-state index in [1.807, 2.05) is 0 Å². The second-order valence-electron chi connectivity index (χ2n) is 2.79. The predicted molar refractivity (Wildman–Crippen MR) is 57.0 cm³/mol. The molecule has 0 aromatic heterocycles. The van der Waals surface area contributed by atoms with E-state index in [0.29, 0.717) is 11.5 Å². The average molecular weight is 262 g/mol. The Morgan fingerprint density at radius 3 is 2.47 bits per heavy atom. The van der Waals surface area contributed by atoms with Gasteiger partial charge in [-0.15, -0.1) is 0 Å². The second-order valence-corrected chi connectivity index (χ2v) is 5.10. The van der Waals surface area contributed by atoms with E-state index in [-0.39, 0.29) is 29.4 Å². The Morgan fingerprint density at radius 2 is 2.00 bits per heavy atom. The van der Waals surface area contributed by atoms with E-state index in [4.69, 9.17) is 0 Å². The van der Waals surface area contributed by atoms with Crippen molar-refractivity contribution in [3.05, 3.63) is 0 Å². The predicted octanol–water partition coefficient (Wildman–Crippen LogP) is 2.78. The maximum absolute atomic E-state index is 11.7. The van der Waals surface area contributed by atoms with E-state index in [0.717, 1.165) is 0 Å². The highest BCUT2D eigenvalue weighted by molar-refractivity contribution is 8.03. The Morgan fingerprint density at radius 1 is 1.40 bits per heavy atom. The number of rotatable bonds is 6. The van der Waals surface area contributed by atoms with Crippen LogP contribution in [0.5, 0.6) is 0 Å². The molecule has 1 atom stereocenters. The number of thioether (sulfide) groups is 2. The maximum atomic E-state index is 11.7. The molecule has 0 aromatic rings. The van der Waals surface area contributed by atoms with Crippen LogP contribution in [0.1, 0.15) is 6.92 Å². The molecule has 0 saturated carbocycles. The lowest BCUT2D eigenvalue weighted by molar-refractivity contribution is -0.144. The number of halogens is 3. The number of hydrogen-bond acceptors (Lipinski definition) is 4. The Labute approximate surface area is 95.3 Å². The average Bonchev–Trinajstić information content (AvgIpc) is 2.14. The number of esters is 1. The molecule has 2 nitrogen and oxygen atoms in total. The monoisotopic (exact) mass is 262 g/mol. The van der Waals surface area contributed by atoms with Gasteiger partial charge in [-0.1, -0.05) is 18.7 Å². The van der Waals surface area contributed by atoms with Crippen LogP contribution in [0, 0.1) is 5.92 Å². The minimum atomic E-state index is -4.16. The van der Waals surface area contributed by atoms with E-state index in [1.165, 1.54) is 18.9 Å². The van der Waals surface area contributed by atoms with Crippen molar-refractivity contribution in [1.29, 1.82) is 0 Å². The lowest BCUT2D eigenvalue weighted by Gasteiger charge is -2.08. The summed E-state index contributed by atoms with van der Waals surface area (Å²) in [5.41, 5.74) is -4.16. The molecule has 0 bridgehead atoms. The van der Waals surface area contributed by atoms with Crippen molar-refractivity contribution in [2.45, 2.75) is 12.4 Å². The molecule has 0 fully saturated rings. The minimum absolute atomic E-state index is 0.0159. The summed E-state index contributed by atoms with van der Waals surface area (Å²) in [4.78, 5) is 10.9. The van der Waals surface area contributed by atoms with Crippen molar-refractivity contribution in [2.75, 3.05) is 24.4 Å². The smallest absolute Gasteiger partial charge is 0.441 e. The van der Waals surface area contributed by atoms with E-state index in [2.05, 4.69) is 4.74 Å². The summed E-state index contributed by atoms with van der Waals surface area (Å²) in [5.74, 6) is 0.292. The molecule has 0 rings (SSSR count). The third kappa shape index (κ3) is 8.92. The zero-order chi connectivity index (χ0) is 11.9. The molecule has 0 aliphatic heterocycles. The number of hydrogen-bond donors (Lipinski definition) is 0. The molecular formula is C8H13F3O2S2. The highest BCUT2D eigenvalue weighted by Gasteiger charge is 2.27. The summed E-state index contributed by atoms with van der Waals surface area (Å²) in [5, 5.41) is 0. The van der Waals surface area contributed by atoms with Gasteiger partial charge in [0.2, 0.25) is 0 Å². The van der Waals surface area contributed by atoms with E-state index in [9.17, 15) is 18.0 Å². The van der Waals surface area contributed by atoms with E-state index in [1.54, 1.807) is 6.92 Å². The van der Waals surface area contributed by atoms with Gasteiger partial charge in [0.25, 0.3) is 0 Å². The first kappa shape index (κ1) is 15.0. The van der Waals surface area contributed by atoms with Gasteiger partial charge in [-0.3, -0.25) is 4.79 Å².